The van der Waals surface area contributed by atoms with Gasteiger partial charge in [-0.05, 0) is 80.5 Å². The molecule has 4 aliphatic rings. The summed E-state index contributed by atoms with van der Waals surface area (Å²) in [6.45, 7) is 12.4. The van der Waals surface area contributed by atoms with Gasteiger partial charge in [0.15, 0.2) is 0 Å². The van der Waals surface area contributed by atoms with Gasteiger partial charge in [-0.1, -0.05) is 76.7 Å². The second-order valence-corrected chi connectivity index (χ2v) is 11.7. The largest absolute Gasteiger partial charge is 0.393 e. The van der Waals surface area contributed by atoms with Crippen LogP contribution in [0.25, 0.3) is 0 Å². The van der Waals surface area contributed by atoms with Crippen LogP contribution in [0.5, 0.6) is 0 Å². The van der Waals surface area contributed by atoms with Crippen LogP contribution in [0.2, 0.25) is 0 Å². The molecule has 0 amide bonds. The number of fused-ring (bicyclic) bond motifs is 4. The highest BCUT2D eigenvalue weighted by Crippen LogP contribution is 2.64. The lowest BCUT2D eigenvalue weighted by Gasteiger charge is -2.52. The molecule has 1 unspecified atom stereocenters. The summed E-state index contributed by atoms with van der Waals surface area (Å²) >= 11 is 0. The SMILES string of the molecule is CC(C)CCC[C@@H](C)[C@H]1CCC2C3=C(CC[C@@]21C)[C@@]1(C)CC[C@H](O)CC1=CC3. The number of aliphatic hydroxyl groups excluding tert-OH is 1. The highest BCUT2D eigenvalue weighted by Gasteiger charge is 2.54. The maximum absolute atomic E-state index is 10.2. The average molecular weight is 385 g/mol. The molecule has 1 heteroatoms. The van der Waals surface area contributed by atoms with Gasteiger partial charge in [0, 0.05) is 5.41 Å². The molecule has 0 spiro atoms. The van der Waals surface area contributed by atoms with E-state index in [9.17, 15) is 5.11 Å². The van der Waals surface area contributed by atoms with Crippen molar-refractivity contribution in [3.8, 4) is 0 Å². The van der Waals surface area contributed by atoms with Gasteiger partial charge in [0.25, 0.3) is 0 Å². The lowest BCUT2D eigenvalue weighted by molar-refractivity contribution is 0.0864. The summed E-state index contributed by atoms with van der Waals surface area (Å²) in [5.74, 6) is 3.48. The van der Waals surface area contributed by atoms with E-state index in [1.165, 1.54) is 51.4 Å². The van der Waals surface area contributed by atoms with E-state index in [0.717, 1.165) is 42.9 Å². The van der Waals surface area contributed by atoms with Crippen LogP contribution < -0.4 is 0 Å². The molecule has 0 bridgehead atoms. The van der Waals surface area contributed by atoms with Crippen molar-refractivity contribution in [3.05, 3.63) is 22.8 Å². The molecular formula is C27H44O. The fourth-order valence-corrected chi connectivity index (χ4v) is 7.92. The average Bonchev–Trinajstić information content (AvgIpc) is 2.99. The Labute approximate surface area is 174 Å². The number of hydrogen-bond acceptors (Lipinski definition) is 1. The predicted octanol–water partition coefficient (Wildman–Crippen LogP) is 7.45. The van der Waals surface area contributed by atoms with Gasteiger partial charge in [-0.2, -0.15) is 0 Å². The quantitative estimate of drug-likeness (QED) is 0.488. The minimum Gasteiger partial charge on any atom is -0.393 e. The van der Waals surface area contributed by atoms with Crippen LogP contribution in [0.15, 0.2) is 22.8 Å². The minimum atomic E-state index is -0.0992. The van der Waals surface area contributed by atoms with Gasteiger partial charge in [0.2, 0.25) is 0 Å². The third-order valence-electron chi connectivity index (χ3n) is 9.64. The first kappa shape index (κ1) is 20.7. The maximum atomic E-state index is 10.2. The molecule has 4 aliphatic carbocycles. The van der Waals surface area contributed by atoms with Gasteiger partial charge in [-0.25, -0.2) is 0 Å². The molecule has 0 aromatic carbocycles. The van der Waals surface area contributed by atoms with Crippen LogP contribution in [-0.4, -0.2) is 11.2 Å². The Kier molecular flexibility index (Phi) is 5.62. The third kappa shape index (κ3) is 3.34. The van der Waals surface area contributed by atoms with Crippen LogP contribution in [0.1, 0.15) is 105 Å². The molecule has 1 N–H and O–H groups in total. The van der Waals surface area contributed by atoms with E-state index >= 15 is 0 Å². The summed E-state index contributed by atoms with van der Waals surface area (Å²) in [7, 11) is 0. The Morgan fingerprint density at radius 3 is 2.61 bits per heavy atom. The molecule has 0 aromatic rings. The first-order chi connectivity index (χ1) is 13.3. The van der Waals surface area contributed by atoms with E-state index in [0.29, 0.717) is 5.41 Å². The topological polar surface area (TPSA) is 20.2 Å². The number of rotatable bonds is 5. The van der Waals surface area contributed by atoms with Crippen molar-refractivity contribution >= 4 is 0 Å². The van der Waals surface area contributed by atoms with Gasteiger partial charge in [-0.3, -0.25) is 0 Å². The minimum absolute atomic E-state index is 0.0992. The van der Waals surface area contributed by atoms with Crippen LogP contribution in [0, 0.1) is 34.5 Å². The predicted molar refractivity (Wildman–Crippen MR) is 119 cm³/mol. The van der Waals surface area contributed by atoms with Crippen LogP contribution in [0.4, 0.5) is 0 Å². The fourth-order valence-electron chi connectivity index (χ4n) is 7.92. The Morgan fingerprint density at radius 2 is 1.86 bits per heavy atom. The second-order valence-electron chi connectivity index (χ2n) is 11.7. The van der Waals surface area contributed by atoms with Gasteiger partial charge in [0.05, 0.1) is 6.10 Å². The Bertz CT molecular complexity index is 655. The first-order valence-corrected chi connectivity index (χ1v) is 12.4. The summed E-state index contributed by atoms with van der Waals surface area (Å²) in [5, 5.41) is 10.2. The smallest absolute Gasteiger partial charge is 0.0578 e. The molecule has 0 aromatic heterocycles. The molecule has 6 atom stereocenters. The second kappa shape index (κ2) is 7.60. The Balaban J connectivity index is 1.53. The summed E-state index contributed by atoms with van der Waals surface area (Å²) in [4.78, 5) is 0. The number of aliphatic hydroxyl groups is 1. The van der Waals surface area contributed by atoms with Crippen molar-refractivity contribution in [3.63, 3.8) is 0 Å². The standard InChI is InChI=1S/C27H44O/c1-18(2)7-6-8-19(3)23-11-12-24-22-10-9-20-17-21(28)13-15-26(20,4)25(22)14-16-27(23,24)5/h9,18-19,21,23-24,28H,6-8,10-17H2,1-5H3/t19-,21+,23-,24?,26+,27-/m1/s1. The maximum Gasteiger partial charge on any atom is 0.0578 e. The van der Waals surface area contributed by atoms with Crippen molar-refractivity contribution in [2.45, 2.75) is 111 Å². The normalized spacial score (nSPS) is 41.4. The van der Waals surface area contributed by atoms with Gasteiger partial charge in [-0.15, -0.1) is 0 Å². The van der Waals surface area contributed by atoms with Gasteiger partial charge >= 0.3 is 0 Å². The van der Waals surface area contributed by atoms with Crippen LogP contribution in [-0.2, 0) is 0 Å². The molecule has 2 saturated carbocycles. The molecule has 0 heterocycles. The van der Waals surface area contributed by atoms with E-state index in [2.05, 4.69) is 40.7 Å². The highest BCUT2D eigenvalue weighted by molar-refractivity contribution is 5.43. The zero-order chi connectivity index (χ0) is 20.1. The van der Waals surface area contributed by atoms with Crippen molar-refractivity contribution in [1.29, 1.82) is 0 Å². The zero-order valence-electron chi connectivity index (χ0n) is 19.2. The van der Waals surface area contributed by atoms with E-state index in [-0.39, 0.29) is 11.5 Å². The van der Waals surface area contributed by atoms with Gasteiger partial charge < -0.3 is 5.11 Å². The lowest BCUT2D eigenvalue weighted by atomic mass is 9.53. The highest BCUT2D eigenvalue weighted by atomic mass is 16.3. The van der Waals surface area contributed by atoms with E-state index < -0.39 is 0 Å². The van der Waals surface area contributed by atoms with Crippen molar-refractivity contribution in [1.82, 2.24) is 0 Å². The Hall–Kier alpha value is -0.560. The van der Waals surface area contributed by atoms with Crippen LogP contribution >= 0.6 is 0 Å². The molecule has 4 rings (SSSR count). The zero-order valence-corrected chi connectivity index (χ0v) is 19.2. The lowest BCUT2D eigenvalue weighted by Crippen LogP contribution is -2.41. The summed E-state index contributed by atoms with van der Waals surface area (Å²) < 4.78 is 0. The molecule has 0 aliphatic heterocycles. The summed E-state index contributed by atoms with van der Waals surface area (Å²) in [5.41, 5.74) is 6.02. The molecule has 158 valence electrons. The fraction of sp³-hybridized carbons (Fsp3) is 0.852. The summed E-state index contributed by atoms with van der Waals surface area (Å²) in [6.07, 6.45) is 16.5. The van der Waals surface area contributed by atoms with Crippen molar-refractivity contribution < 1.29 is 5.11 Å². The van der Waals surface area contributed by atoms with Crippen molar-refractivity contribution in [2.24, 2.45) is 34.5 Å². The molecule has 28 heavy (non-hydrogen) atoms. The van der Waals surface area contributed by atoms with E-state index in [4.69, 9.17) is 0 Å². The molecule has 0 radical (unpaired) electrons. The monoisotopic (exact) mass is 384 g/mol. The summed E-state index contributed by atoms with van der Waals surface area (Å²) in [6, 6.07) is 0. The van der Waals surface area contributed by atoms with Crippen LogP contribution in [0.3, 0.4) is 0 Å². The molecule has 1 nitrogen and oxygen atoms in total. The first-order valence-electron chi connectivity index (χ1n) is 12.4. The Morgan fingerprint density at radius 1 is 1.07 bits per heavy atom. The molecule has 0 saturated heterocycles. The van der Waals surface area contributed by atoms with E-state index in [1.807, 2.05) is 11.1 Å². The molecule has 2 fully saturated rings. The number of hydrogen-bond donors (Lipinski definition) is 1. The van der Waals surface area contributed by atoms with Crippen molar-refractivity contribution in [2.75, 3.05) is 0 Å². The van der Waals surface area contributed by atoms with E-state index in [1.54, 1.807) is 5.57 Å². The molecular weight excluding hydrogens is 340 g/mol. The number of allylic oxidation sites excluding steroid dienone is 3. The van der Waals surface area contributed by atoms with Gasteiger partial charge in [0.1, 0.15) is 0 Å². The third-order valence-corrected chi connectivity index (χ3v) is 9.64.